The summed E-state index contributed by atoms with van der Waals surface area (Å²) in [7, 11) is 0. The Morgan fingerprint density at radius 1 is 1.38 bits per heavy atom. The molecule has 4 aliphatic rings. The fourth-order valence-corrected chi connectivity index (χ4v) is 5.83. The molecule has 5 rings (SSSR count). The van der Waals surface area contributed by atoms with E-state index in [0.29, 0.717) is 25.9 Å². The molecule has 4 heterocycles. The lowest BCUT2D eigenvalue weighted by Gasteiger charge is -2.35. The maximum Gasteiger partial charge on any atom is 0.417 e. The Morgan fingerprint density at radius 3 is 2.83 bits per heavy atom. The number of nitriles is 1. The van der Waals surface area contributed by atoms with Gasteiger partial charge < -0.3 is 14.6 Å². The summed E-state index contributed by atoms with van der Waals surface area (Å²) in [6, 6.07) is 4.80. The van der Waals surface area contributed by atoms with Gasteiger partial charge >= 0.3 is 6.18 Å². The van der Waals surface area contributed by atoms with Gasteiger partial charge in [-0.15, -0.1) is 0 Å². The van der Waals surface area contributed by atoms with E-state index in [1.807, 2.05) is 0 Å². The Hall–Kier alpha value is -2.15. The highest BCUT2D eigenvalue weighted by molar-refractivity contribution is 6.00. The van der Waals surface area contributed by atoms with E-state index in [-0.39, 0.29) is 11.6 Å². The van der Waals surface area contributed by atoms with Gasteiger partial charge in [-0.1, -0.05) is 0 Å². The van der Waals surface area contributed by atoms with Gasteiger partial charge in [-0.05, 0) is 38.0 Å². The van der Waals surface area contributed by atoms with Crippen LogP contribution in [0, 0.1) is 23.2 Å². The van der Waals surface area contributed by atoms with Gasteiger partial charge in [0.2, 0.25) is 5.91 Å². The van der Waals surface area contributed by atoms with Gasteiger partial charge in [-0.3, -0.25) is 9.69 Å². The summed E-state index contributed by atoms with van der Waals surface area (Å²) in [6.45, 7) is 2.04. The summed E-state index contributed by atoms with van der Waals surface area (Å²) in [5, 5.41) is 19.6. The van der Waals surface area contributed by atoms with E-state index in [2.05, 4.69) is 0 Å². The van der Waals surface area contributed by atoms with Gasteiger partial charge in [0, 0.05) is 24.6 Å². The van der Waals surface area contributed by atoms with Crippen molar-refractivity contribution in [3.63, 3.8) is 0 Å². The fourth-order valence-electron chi connectivity index (χ4n) is 5.83. The van der Waals surface area contributed by atoms with E-state index in [0.717, 1.165) is 12.1 Å². The Bertz CT molecular complexity index is 945. The normalized spacial score (nSPS) is 40.7. The number of halogens is 3. The first kappa shape index (κ1) is 18.9. The van der Waals surface area contributed by atoms with Gasteiger partial charge in [0.1, 0.15) is 11.8 Å². The Balaban J connectivity index is 1.64. The van der Waals surface area contributed by atoms with Crippen molar-refractivity contribution in [1.29, 1.82) is 5.26 Å². The van der Waals surface area contributed by atoms with Crippen molar-refractivity contribution in [3.05, 3.63) is 29.3 Å². The molecule has 1 aromatic rings. The van der Waals surface area contributed by atoms with Crippen molar-refractivity contribution in [3.8, 4) is 6.07 Å². The predicted molar refractivity (Wildman–Crippen MR) is 92.4 cm³/mol. The monoisotopic (exact) mass is 408 g/mol. The smallest absolute Gasteiger partial charge is 0.390 e. The molecule has 29 heavy (non-hydrogen) atoms. The molecule has 1 aromatic carbocycles. The molecule has 1 N–H and O–H groups in total. The molecule has 2 unspecified atom stereocenters. The molecule has 4 saturated heterocycles. The number of aliphatic hydroxyl groups excluding tert-OH is 1. The molecule has 4 fully saturated rings. The number of amides is 1. The second kappa shape index (κ2) is 5.72. The summed E-state index contributed by atoms with van der Waals surface area (Å²) in [5.41, 5.74) is -3.36. The second-order valence-corrected chi connectivity index (χ2v) is 8.49. The van der Waals surface area contributed by atoms with E-state index < -0.39 is 52.7 Å². The summed E-state index contributed by atoms with van der Waals surface area (Å²) in [4.78, 5) is 14.7. The number of hydrogen-bond donors (Lipinski definition) is 1. The van der Waals surface area contributed by atoms with Crippen LogP contribution in [-0.2, 0) is 20.4 Å². The average Bonchev–Trinajstić information content (AvgIpc) is 3.14. The molecule has 2 bridgehead atoms. The van der Waals surface area contributed by atoms with E-state index in [9.17, 15) is 23.1 Å². The third-order valence-corrected chi connectivity index (χ3v) is 7.01. The third kappa shape index (κ3) is 2.31. The fraction of sp³-hybridized carbons (Fsp3) is 0.600. The number of hydrogen-bond acceptors (Lipinski definition) is 5. The van der Waals surface area contributed by atoms with Crippen LogP contribution in [0.1, 0.15) is 37.3 Å². The molecule has 0 radical (unpaired) electrons. The average molecular weight is 408 g/mol. The van der Waals surface area contributed by atoms with Crippen LogP contribution in [0.25, 0.3) is 0 Å². The largest absolute Gasteiger partial charge is 0.417 e. The van der Waals surface area contributed by atoms with Crippen molar-refractivity contribution in [2.45, 2.75) is 55.9 Å². The highest BCUT2D eigenvalue weighted by atomic mass is 19.4. The molecule has 9 heteroatoms. The molecule has 6 atom stereocenters. The minimum atomic E-state index is -4.73. The Kier molecular flexibility index (Phi) is 3.72. The molecule has 0 aromatic heterocycles. The lowest BCUT2D eigenvalue weighted by molar-refractivity contribution is -0.138. The maximum atomic E-state index is 13.5. The number of nitrogens with zero attached hydrogens (tertiary/aromatic N) is 2. The van der Waals surface area contributed by atoms with Crippen LogP contribution in [0.3, 0.4) is 0 Å². The first-order valence-corrected chi connectivity index (χ1v) is 9.57. The first-order valence-electron chi connectivity index (χ1n) is 9.57. The quantitative estimate of drug-likeness (QED) is 0.773. The standard InChI is InChI=1S/C20H19F3N2O4/c1-18-13(26)8-19(29-18)5-2-6-28-17-15(19)14(18)16(27)25(17)11-4-3-10(9-24)12(7-11)20(21,22)23/h3-4,7,13-15,17,26H,2,5-6,8H2,1H3/t13-,14?,15?,17+,18-,19+/m1/s1. The number of aliphatic hydroxyl groups is 1. The summed E-state index contributed by atoms with van der Waals surface area (Å²) in [6.07, 6.45) is -4.63. The van der Waals surface area contributed by atoms with Crippen molar-refractivity contribution in [2.24, 2.45) is 11.8 Å². The first-order chi connectivity index (χ1) is 13.6. The number of anilines is 1. The van der Waals surface area contributed by atoms with Crippen LogP contribution in [0.15, 0.2) is 18.2 Å². The topological polar surface area (TPSA) is 82.8 Å². The molecule has 6 nitrogen and oxygen atoms in total. The van der Waals surface area contributed by atoms with Gasteiger partial charge in [0.05, 0.1) is 34.8 Å². The molecule has 4 aliphatic heterocycles. The second-order valence-electron chi connectivity index (χ2n) is 8.49. The lowest BCUT2D eigenvalue weighted by Crippen LogP contribution is -2.49. The number of rotatable bonds is 1. The molecular formula is C20H19F3N2O4. The van der Waals surface area contributed by atoms with E-state index >= 15 is 0 Å². The summed E-state index contributed by atoms with van der Waals surface area (Å²) < 4.78 is 52.6. The van der Waals surface area contributed by atoms with Crippen molar-refractivity contribution in [1.82, 2.24) is 0 Å². The van der Waals surface area contributed by atoms with Crippen molar-refractivity contribution in [2.75, 3.05) is 11.5 Å². The Labute approximate surface area is 164 Å². The van der Waals surface area contributed by atoms with Crippen LogP contribution < -0.4 is 4.90 Å². The molecular weight excluding hydrogens is 389 g/mol. The van der Waals surface area contributed by atoms with Gasteiger partial charge in [-0.2, -0.15) is 18.4 Å². The van der Waals surface area contributed by atoms with Gasteiger partial charge in [-0.25, -0.2) is 0 Å². The van der Waals surface area contributed by atoms with Crippen LogP contribution in [-0.4, -0.2) is 41.2 Å². The maximum absolute atomic E-state index is 13.5. The van der Waals surface area contributed by atoms with Gasteiger partial charge in [0.15, 0.2) is 0 Å². The SMILES string of the molecule is C[C@]12O[C@@]3(CCCO[C@H]4C3C1C(=O)N4c1ccc(C#N)c(C(F)(F)F)c1)C[C@H]2O. The highest BCUT2D eigenvalue weighted by Gasteiger charge is 2.77. The molecule has 1 amide bonds. The number of carbonyl (C=O) groups excluding carboxylic acids is 1. The molecule has 0 aliphatic carbocycles. The number of benzene rings is 1. The van der Waals surface area contributed by atoms with Crippen molar-refractivity contribution < 1.29 is 32.5 Å². The number of fused-ring (bicyclic) bond motifs is 2. The summed E-state index contributed by atoms with van der Waals surface area (Å²) >= 11 is 0. The van der Waals surface area contributed by atoms with E-state index in [1.54, 1.807) is 13.0 Å². The number of alkyl halides is 3. The number of ether oxygens (including phenoxy) is 2. The third-order valence-electron chi connectivity index (χ3n) is 7.01. The van der Waals surface area contributed by atoms with Crippen LogP contribution in [0.4, 0.5) is 18.9 Å². The van der Waals surface area contributed by atoms with E-state index in [1.165, 1.54) is 11.0 Å². The zero-order chi connectivity index (χ0) is 20.8. The zero-order valence-corrected chi connectivity index (χ0v) is 15.6. The van der Waals surface area contributed by atoms with E-state index in [4.69, 9.17) is 14.7 Å². The minimum Gasteiger partial charge on any atom is -0.390 e. The van der Waals surface area contributed by atoms with Crippen LogP contribution in [0.2, 0.25) is 0 Å². The van der Waals surface area contributed by atoms with Crippen molar-refractivity contribution >= 4 is 11.6 Å². The molecule has 1 spiro atoms. The lowest BCUT2D eigenvalue weighted by atomic mass is 9.65. The summed E-state index contributed by atoms with van der Waals surface area (Å²) in [5.74, 6) is -1.47. The number of carbonyl (C=O) groups is 1. The van der Waals surface area contributed by atoms with Gasteiger partial charge in [0.25, 0.3) is 0 Å². The Morgan fingerprint density at radius 2 is 2.14 bits per heavy atom. The van der Waals surface area contributed by atoms with Crippen LogP contribution >= 0.6 is 0 Å². The zero-order valence-electron chi connectivity index (χ0n) is 15.6. The molecule has 0 saturated carbocycles. The minimum absolute atomic E-state index is 0.0373. The molecule has 154 valence electrons. The van der Waals surface area contributed by atoms with Crippen LogP contribution in [0.5, 0.6) is 0 Å². The highest BCUT2D eigenvalue weighted by Crippen LogP contribution is 2.64. The predicted octanol–water partition coefficient (Wildman–Crippen LogP) is 2.58.